The molecule has 1 aliphatic carbocycles. The van der Waals surface area contributed by atoms with Gasteiger partial charge in [0.25, 0.3) is 0 Å². The van der Waals surface area contributed by atoms with Gasteiger partial charge in [0.15, 0.2) is 0 Å². The zero-order valence-electron chi connectivity index (χ0n) is 12.3. The highest BCUT2D eigenvalue weighted by Gasteiger charge is 2.15. The van der Waals surface area contributed by atoms with Crippen LogP contribution in [0, 0.1) is 0 Å². The van der Waals surface area contributed by atoms with E-state index in [4.69, 9.17) is 9.84 Å². The molecule has 3 heteroatoms. The van der Waals surface area contributed by atoms with Gasteiger partial charge in [0.05, 0.1) is 13.2 Å². The lowest BCUT2D eigenvalue weighted by molar-refractivity contribution is 0.282. The van der Waals surface area contributed by atoms with Crippen molar-refractivity contribution in [3.8, 4) is 5.75 Å². The molecular formula is C17H27NO2. The van der Waals surface area contributed by atoms with E-state index in [1.807, 2.05) is 0 Å². The molecule has 1 fully saturated rings. The molecule has 0 amide bonds. The highest BCUT2D eigenvalue weighted by Crippen LogP contribution is 2.33. The third-order valence-corrected chi connectivity index (χ3v) is 4.01. The largest absolute Gasteiger partial charge is 0.494 e. The Morgan fingerprint density at radius 1 is 1.05 bits per heavy atom. The molecule has 112 valence electrons. The van der Waals surface area contributed by atoms with Gasteiger partial charge in [-0.1, -0.05) is 31.4 Å². The molecule has 2 rings (SSSR count). The standard InChI is InChI=1S/C17H27NO2/c19-13-12-18-11-4-14-20-17-9-7-16(8-10-17)15-5-2-1-3-6-15/h7-10,15,18-19H,1-6,11-14H2. The fraction of sp³-hybridized carbons (Fsp3) is 0.647. The number of rotatable bonds is 8. The van der Waals surface area contributed by atoms with Crippen LogP contribution in [-0.4, -0.2) is 31.4 Å². The summed E-state index contributed by atoms with van der Waals surface area (Å²) in [4.78, 5) is 0. The number of hydrogen-bond acceptors (Lipinski definition) is 3. The second-order valence-electron chi connectivity index (χ2n) is 5.58. The third-order valence-electron chi connectivity index (χ3n) is 4.01. The van der Waals surface area contributed by atoms with Gasteiger partial charge >= 0.3 is 0 Å². The van der Waals surface area contributed by atoms with Gasteiger partial charge in [0.2, 0.25) is 0 Å². The van der Waals surface area contributed by atoms with E-state index in [9.17, 15) is 0 Å². The minimum atomic E-state index is 0.198. The molecule has 0 radical (unpaired) electrons. The van der Waals surface area contributed by atoms with Crippen LogP contribution in [0.15, 0.2) is 24.3 Å². The number of nitrogens with one attached hydrogen (secondary N) is 1. The maximum atomic E-state index is 8.64. The van der Waals surface area contributed by atoms with Gasteiger partial charge in [-0.25, -0.2) is 0 Å². The predicted molar refractivity (Wildman–Crippen MR) is 82.3 cm³/mol. The number of benzene rings is 1. The fourth-order valence-corrected chi connectivity index (χ4v) is 2.86. The first kappa shape index (κ1) is 15.3. The summed E-state index contributed by atoms with van der Waals surface area (Å²) in [5, 5.41) is 11.8. The molecule has 0 atom stereocenters. The first-order valence-corrected chi connectivity index (χ1v) is 7.94. The average molecular weight is 277 g/mol. The van der Waals surface area contributed by atoms with Crippen molar-refractivity contribution in [1.82, 2.24) is 5.32 Å². The third kappa shape index (κ3) is 5.14. The molecule has 0 bridgehead atoms. The molecule has 3 nitrogen and oxygen atoms in total. The lowest BCUT2D eigenvalue weighted by Crippen LogP contribution is -2.20. The minimum absolute atomic E-state index is 0.198. The van der Waals surface area contributed by atoms with Gasteiger partial charge in [-0.15, -0.1) is 0 Å². The number of hydrogen-bond donors (Lipinski definition) is 2. The van der Waals surface area contributed by atoms with Crippen LogP contribution in [0.1, 0.15) is 50.0 Å². The van der Waals surface area contributed by atoms with Crippen LogP contribution in [-0.2, 0) is 0 Å². The van der Waals surface area contributed by atoms with Crippen molar-refractivity contribution < 1.29 is 9.84 Å². The summed E-state index contributed by atoms with van der Waals surface area (Å²) in [5.74, 6) is 1.73. The molecule has 0 aromatic heterocycles. The predicted octanol–water partition coefficient (Wildman–Crippen LogP) is 3.09. The SMILES string of the molecule is OCCNCCCOc1ccc(C2CCCCC2)cc1. The Bertz CT molecular complexity index is 358. The molecule has 0 unspecified atom stereocenters. The molecule has 1 saturated carbocycles. The molecule has 1 aliphatic rings. The van der Waals surface area contributed by atoms with Crippen LogP contribution in [0.3, 0.4) is 0 Å². The summed E-state index contributed by atoms with van der Waals surface area (Å²) in [5.41, 5.74) is 1.47. The van der Waals surface area contributed by atoms with Gasteiger partial charge < -0.3 is 15.2 Å². The first-order valence-electron chi connectivity index (χ1n) is 7.94. The molecule has 0 spiro atoms. The molecule has 2 N–H and O–H groups in total. The molecule has 1 aromatic carbocycles. The van der Waals surface area contributed by atoms with Crippen LogP contribution in [0.5, 0.6) is 5.75 Å². The maximum Gasteiger partial charge on any atom is 0.119 e. The van der Waals surface area contributed by atoms with E-state index in [1.165, 1.54) is 37.7 Å². The average Bonchev–Trinajstić information content (AvgIpc) is 2.52. The van der Waals surface area contributed by atoms with Gasteiger partial charge in [-0.05, 0) is 49.4 Å². The second kappa shape index (κ2) is 8.98. The van der Waals surface area contributed by atoms with Crippen molar-refractivity contribution in [3.63, 3.8) is 0 Å². The van der Waals surface area contributed by atoms with Crippen LogP contribution >= 0.6 is 0 Å². The smallest absolute Gasteiger partial charge is 0.119 e. The molecule has 0 aliphatic heterocycles. The molecular weight excluding hydrogens is 250 g/mol. The van der Waals surface area contributed by atoms with Crippen LogP contribution in [0.2, 0.25) is 0 Å². The van der Waals surface area contributed by atoms with Crippen LogP contribution in [0.4, 0.5) is 0 Å². The highest BCUT2D eigenvalue weighted by molar-refractivity contribution is 5.29. The van der Waals surface area contributed by atoms with Crippen molar-refractivity contribution in [3.05, 3.63) is 29.8 Å². The minimum Gasteiger partial charge on any atom is -0.494 e. The monoisotopic (exact) mass is 277 g/mol. The van der Waals surface area contributed by atoms with E-state index in [1.54, 1.807) is 0 Å². The van der Waals surface area contributed by atoms with Crippen molar-refractivity contribution in [1.29, 1.82) is 0 Å². The maximum absolute atomic E-state index is 8.64. The van der Waals surface area contributed by atoms with Crippen molar-refractivity contribution in [2.45, 2.75) is 44.4 Å². The summed E-state index contributed by atoms with van der Waals surface area (Å²) in [6.45, 7) is 2.47. The summed E-state index contributed by atoms with van der Waals surface area (Å²) in [6.07, 6.45) is 7.81. The number of ether oxygens (including phenoxy) is 1. The Morgan fingerprint density at radius 2 is 1.80 bits per heavy atom. The first-order chi connectivity index (χ1) is 9.90. The van der Waals surface area contributed by atoms with E-state index in [-0.39, 0.29) is 6.61 Å². The highest BCUT2D eigenvalue weighted by atomic mass is 16.5. The number of aliphatic hydroxyl groups excluding tert-OH is 1. The Kier molecular flexibility index (Phi) is 6.89. The van der Waals surface area contributed by atoms with Crippen molar-refractivity contribution in [2.24, 2.45) is 0 Å². The van der Waals surface area contributed by atoms with Crippen molar-refractivity contribution >= 4 is 0 Å². The van der Waals surface area contributed by atoms with Crippen LogP contribution < -0.4 is 10.1 Å². The Labute approximate surface area is 122 Å². The van der Waals surface area contributed by atoms with Gasteiger partial charge in [-0.3, -0.25) is 0 Å². The van der Waals surface area contributed by atoms with E-state index in [2.05, 4.69) is 29.6 Å². The van der Waals surface area contributed by atoms with E-state index in [0.717, 1.165) is 31.2 Å². The lowest BCUT2D eigenvalue weighted by Gasteiger charge is -2.22. The van der Waals surface area contributed by atoms with Gasteiger partial charge in [0.1, 0.15) is 5.75 Å². The topological polar surface area (TPSA) is 41.5 Å². The fourth-order valence-electron chi connectivity index (χ4n) is 2.86. The summed E-state index contributed by atoms with van der Waals surface area (Å²) in [6, 6.07) is 8.67. The Hall–Kier alpha value is -1.06. The Morgan fingerprint density at radius 3 is 2.50 bits per heavy atom. The zero-order valence-corrected chi connectivity index (χ0v) is 12.3. The van der Waals surface area contributed by atoms with Gasteiger partial charge in [-0.2, -0.15) is 0 Å². The summed E-state index contributed by atoms with van der Waals surface area (Å²) >= 11 is 0. The lowest BCUT2D eigenvalue weighted by atomic mass is 9.84. The molecule has 0 saturated heterocycles. The normalized spacial score (nSPS) is 16.2. The molecule has 1 aromatic rings. The second-order valence-corrected chi connectivity index (χ2v) is 5.58. The van der Waals surface area contributed by atoms with Crippen molar-refractivity contribution in [2.75, 3.05) is 26.3 Å². The summed E-state index contributed by atoms with van der Waals surface area (Å²) < 4.78 is 5.73. The summed E-state index contributed by atoms with van der Waals surface area (Å²) in [7, 11) is 0. The molecule has 0 heterocycles. The van der Waals surface area contributed by atoms with Crippen LogP contribution in [0.25, 0.3) is 0 Å². The van der Waals surface area contributed by atoms with Gasteiger partial charge in [0, 0.05) is 6.54 Å². The quantitative estimate of drug-likeness (QED) is 0.718. The van der Waals surface area contributed by atoms with E-state index in [0.29, 0.717) is 6.54 Å². The van der Waals surface area contributed by atoms with E-state index < -0.39 is 0 Å². The zero-order chi connectivity index (χ0) is 14.0. The Balaban J connectivity index is 1.68. The van der Waals surface area contributed by atoms with E-state index >= 15 is 0 Å². The number of aliphatic hydroxyl groups is 1. The molecule has 20 heavy (non-hydrogen) atoms.